The van der Waals surface area contributed by atoms with Crippen LogP contribution in [0.2, 0.25) is 0 Å². The minimum atomic E-state index is -1.00. The van der Waals surface area contributed by atoms with Gasteiger partial charge in [0.25, 0.3) is 0 Å². The van der Waals surface area contributed by atoms with Gasteiger partial charge in [-0.2, -0.15) is 0 Å². The second-order valence-corrected chi connectivity index (χ2v) is 1.02. The number of hydrogen-bond donors (Lipinski definition) is 2. The molecule has 4 nitrogen and oxygen atoms in total. The van der Waals surface area contributed by atoms with Crippen LogP contribution in [0.1, 0.15) is 6.42 Å². The van der Waals surface area contributed by atoms with Gasteiger partial charge in [-0.1, -0.05) is 0 Å². The van der Waals surface area contributed by atoms with Crippen LogP contribution in [-0.2, 0) is 0 Å². The summed E-state index contributed by atoms with van der Waals surface area (Å²) in [6, 6.07) is 0. The van der Waals surface area contributed by atoms with Gasteiger partial charge in [-0.25, -0.2) is 0 Å². The molecule has 0 radical (unpaired) electrons. The molecule has 0 aromatic carbocycles. The molecule has 0 heterocycles. The van der Waals surface area contributed by atoms with Crippen molar-refractivity contribution in [1.29, 1.82) is 10.8 Å². The molecule has 0 fully saturated rings. The van der Waals surface area contributed by atoms with Gasteiger partial charge in [0.1, 0.15) is 0 Å². The van der Waals surface area contributed by atoms with Crippen LogP contribution in [0, 0.1) is 10.8 Å². The highest BCUT2D eigenvalue weighted by Crippen LogP contribution is 1.69. The predicted molar refractivity (Wildman–Crippen MR) is 34.6 cm³/mol. The Hall–Kier alpha value is -0.480. The Kier molecular flexibility index (Phi) is 13.2. The third kappa shape index (κ3) is 18.5. The molecular weight excluding hydrogens is 167 g/mol. The van der Waals surface area contributed by atoms with E-state index in [2.05, 4.69) is 0 Å². The lowest BCUT2D eigenvalue weighted by Crippen LogP contribution is -2.26. The maximum absolute atomic E-state index is 9.58. The third-order valence-corrected chi connectivity index (χ3v) is 0.321. The number of nitrogens with one attached hydrogen (secondary N) is 2. The molecule has 0 saturated heterocycles. The molecule has 0 atom stereocenters. The average molecular weight is 173 g/mol. The molecule has 0 amide bonds. The van der Waals surface area contributed by atoms with Crippen molar-refractivity contribution in [1.82, 2.24) is 0 Å². The fourth-order valence-corrected chi connectivity index (χ4v) is 0.146. The largest absolute Gasteiger partial charge is 0.862 e. The summed E-state index contributed by atoms with van der Waals surface area (Å²) >= 11 is 0. The Morgan fingerprint density at radius 3 is 1.22 bits per heavy atom. The van der Waals surface area contributed by atoms with Crippen LogP contribution in [0.4, 0.5) is 0 Å². The highest BCUT2D eigenvalue weighted by atomic mass is 35.5. The van der Waals surface area contributed by atoms with Crippen LogP contribution in [0.3, 0.4) is 0 Å². The Bertz CT molecular complexity index is 94.0. The van der Waals surface area contributed by atoms with Gasteiger partial charge in [0.05, 0.1) is 0 Å². The summed E-state index contributed by atoms with van der Waals surface area (Å²) < 4.78 is 0. The highest BCUT2D eigenvalue weighted by Gasteiger charge is 1.74. The SMILES string of the molecule is Cl.Cl.N=C([O-])CC(=N)[O-]. The molecule has 0 aliphatic heterocycles. The van der Waals surface area contributed by atoms with E-state index in [9.17, 15) is 10.2 Å². The van der Waals surface area contributed by atoms with Gasteiger partial charge >= 0.3 is 0 Å². The monoisotopic (exact) mass is 172 g/mol. The average Bonchev–Trinajstić information content (AvgIpc) is 1.27. The Balaban J connectivity index is -0.000000180. The zero-order valence-corrected chi connectivity index (χ0v) is 5.97. The summed E-state index contributed by atoms with van der Waals surface area (Å²) in [4.78, 5) is 0. The van der Waals surface area contributed by atoms with Gasteiger partial charge in [0.15, 0.2) is 0 Å². The molecule has 0 saturated carbocycles. The first kappa shape index (κ1) is 15.8. The van der Waals surface area contributed by atoms with Crippen molar-refractivity contribution in [2.75, 3.05) is 0 Å². The van der Waals surface area contributed by atoms with Crippen molar-refractivity contribution in [2.45, 2.75) is 6.42 Å². The molecule has 0 aromatic rings. The second kappa shape index (κ2) is 7.52. The molecule has 0 bridgehead atoms. The standard InChI is InChI=1S/C3H6N2O2.2ClH/c4-2(6)1-3(5)7;;/h1H2,(H2,4,6)(H2,5,7);2*1H/p-2. The van der Waals surface area contributed by atoms with Crippen molar-refractivity contribution in [3.05, 3.63) is 0 Å². The zero-order chi connectivity index (χ0) is 5.86. The lowest BCUT2D eigenvalue weighted by Gasteiger charge is -2.09. The van der Waals surface area contributed by atoms with Crippen LogP contribution in [0.15, 0.2) is 0 Å². The van der Waals surface area contributed by atoms with E-state index in [0.29, 0.717) is 0 Å². The van der Waals surface area contributed by atoms with Crippen molar-refractivity contribution in [2.24, 2.45) is 0 Å². The zero-order valence-electron chi connectivity index (χ0n) is 4.34. The summed E-state index contributed by atoms with van der Waals surface area (Å²) in [6.45, 7) is 0. The molecular formula is C3H6Cl2N2O2-2. The van der Waals surface area contributed by atoms with Crippen molar-refractivity contribution in [3.8, 4) is 0 Å². The molecule has 9 heavy (non-hydrogen) atoms. The molecule has 0 rings (SSSR count). The normalized spacial score (nSPS) is 6.22. The van der Waals surface area contributed by atoms with E-state index in [4.69, 9.17) is 10.8 Å². The van der Waals surface area contributed by atoms with E-state index in [1.165, 1.54) is 0 Å². The van der Waals surface area contributed by atoms with Gasteiger partial charge in [0, 0.05) is 6.42 Å². The first-order valence-electron chi connectivity index (χ1n) is 1.62. The van der Waals surface area contributed by atoms with Crippen LogP contribution >= 0.6 is 24.8 Å². The number of rotatable bonds is 2. The molecule has 0 aliphatic carbocycles. The van der Waals surface area contributed by atoms with E-state index < -0.39 is 18.2 Å². The van der Waals surface area contributed by atoms with Gasteiger partial charge in [-0.15, -0.1) is 24.8 Å². The number of hydrogen-bond acceptors (Lipinski definition) is 4. The molecule has 2 N–H and O–H groups in total. The minimum Gasteiger partial charge on any atom is -0.862 e. The summed E-state index contributed by atoms with van der Waals surface area (Å²) in [7, 11) is 0. The molecule has 0 unspecified atom stereocenters. The summed E-state index contributed by atoms with van der Waals surface area (Å²) in [6.07, 6.45) is -0.583. The van der Waals surface area contributed by atoms with Crippen LogP contribution < -0.4 is 10.2 Å². The smallest absolute Gasteiger partial charge is 0.00239 e. The second-order valence-electron chi connectivity index (χ2n) is 1.02. The van der Waals surface area contributed by atoms with Gasteiger partial charge in [0.2, 0.25) is 0 Å². The van der Waals surface area contributed by atoms with E-state index in [-0.39, 0.29) is 24.8 Å². The summed E-state index contributed by atoms with van der Waals surface area (Å²) in [5, 5.41) is 31.4. The fraction of sp³-hybridized carbons (Fsp3) is 0.333. The molecule has 6 heteroatoms. The summed E-state index contributed by atoms with van der Waals surface area (Å²) in [5.74, 6) is -2.00. The quantitative estimate of drug-likeness (QED) is 0.409. The maximum atomic E-state index is 9.58. The van der Waals surface area contributed by atoms with Crippen molar-refractivity contribution < 1.29 is 10.2 Å². The van der Waals surface area contributed by atoms with Crippen LogP contribution in [0.5, 0.6) is 0 Å². The maximum Gasteiger partial charge on any atom is 0.00239 e. The molecule has 0 aliphatic rings. The molecule has 0 spiro atoms. The van der Waals surface area contributed by atoms with Crippen LogP contribution in [-0.4, -0.2) is 11.8 Å². The first-order valence-corrected chi connectivity index (χ1v) is 1.62. The fourth-order valence-electron chi connectivity index (χ4n) is 0.146. The lowest BCUT2D eigenvalue weighted by atomic mass is 10.4. The lowest BCUT2D eigenvalue weighted by molar-refractivity contribution is -0.234. The minimum absolute atomic E-state index is 0. The Morgan fingerprint density at radius 2 is 1.22 bits per heavy atom. The van der Waals surface area contributed by atoms with E-state index >= 15 is 0 Å². The van der Waals surface area contributed by atoms with Gasteiger partial charge < -0.3 is 21.0 Å². The van der Waals surface area contributed by atoms with E-state index in [1.54, 1.807) is 0 Å². The molecule has 0 aromatic heterocycles. The van der Waals surface area contributed by atoms with Crippen LogP contribution in [0.25, 0.3) is 0 Å². The first-order chi connectivity index (χ1) is 3.13. The third-order valence-electron chi connectivity index (χ3n) is 0.321. The van der Waals surface area contributed by atoms with Gasteiger partial charge in [-0.3, -0.25) is 0 Å². The van der Waals surface area contributed by atoms with Gasteiger partial charge in [-0.05, 0) is 11.8 Å². The predicted octanol–water partition coefficient (Wildman–Crippen LogP) is -1.10. The van der Waals surface area contributed by atoms with E-state index in [0.717, 1.165) is 0 Å². The summed E-state index contributed by atoms with van der Waals surface area (Å²) in [5.41, 5.74) is 0. The highest BCUT2D eigenvalue weighted by molar-refractivity contribution is 5.89. The van der Waals surface area contributed by atoms with E-state index in [1.807, 2.05) is 0 Å². The Morgan fingerprint density at radius 1 is 1.00 bits per heavy atom. The Labute approximate surface area is 64.7 Å². The topological polar surface area (TPSA) is 93.8 Å². The van der Waals surface area contributed by atoms with Crippen molar-refractivity contribution >= 4 is 36.6 Å². The number of halogens is 2. The van der Waals surface area contributed by atoms with Crippen molar-refractivity contribution in [3.63, 3.8) is 0 Å². The molecule has 56 valence electrons.